The van der Waals surface area contributed by atoms with E-state index in [1.54, 1.807) is 0 Å². The van der Waals surface area contributed by atoms with Crippen LogP contribution in [-0.4, -0.2) is 15.0 Å². The average molecular weight is 674 g/mol. The third-order valence-corrected chi connectivity index (χ3v) is 11.9. The number of hydrogen-bond acceptors (Lipinski definition) is 5. The maximum absolute atomic E-state index is 5.15. The first-order valence-corrected chi connectivity index (χ1v) is 18.2. The van der Waals surface area contributed by atoms with E-state index >= 15 is 0 Å². The van der Waals surface area contributed by atoms with Crippen molar-refractivity contribution in [1.29, 1.82) is 0 Å². The number of hydrogen-bond donors (Lipinski definition) is 0. The molecule has 0 saturated carbocycles. The lowest BCUT2D eigenvalue weighted by molar-refractivity contribution is 1.08. The molecule has 234 valence electrons. The monoisotopic (exact) mass is 673 g/mol. The van der Waals surface area contributed by atoms with Gasteiger partial charge in [-0.05, 0) is 23.3 Å². The van der Waals surface area contributed by atoms with Crippen molar-refractivity contribution >= 4 is 63.0 Å². The van der Waals surface area contributed by atoms with Crippen molar-refractivity contribution in [1.82, 2.24) is 15.0 Å². The van der Waals surface area contributed by atoms with Gasteiger partial charge in [-0.25, -0.2) is 15.0 Å². The van der Waals surface area contributed by atoms with Crippen molar-refractivity contribution in [3.8, 4) is 56.4 Å². The maximum atomic E-state index is 5.15. The molecule has 7 aromatic carbocycles. The molecule has 5 heteroatoms. The average Bonchev–Trinajstić information content (AvgIpc) is 3.77. The molecule has 0 radical (unpaired) electrons. The van der Waals surface area contributed by atoms with Crippen molar-refractivity contribution < 1.29 is 0 Å². The van der Waals surface area contributed by atoms with E-state index in [-0.39, 0.29) is 0 Å². The predicted octanol–water partition coefficient (Wildman–Crippen LogP) is 12.9. The van der Waals surface area contributed by atoms with Crippen LogP contribution in [0.1, 0.15) is 0 Å². The maximum Gasteiger partial charge on any atom is 0.165 e. The van der Waals surface area contributed by atoms with Gasteiger partial charge in [-0.3, -0.25) is 0 Å². The Morgan fingerprint density at radius 1 is 0.280 bits per heavy atom. The molecule has 0 aliphatic heterocycles. The lowest BCUT2D eigenvalue weighted by atomic mass is 10.00. The summed E-state index contributed by atoms with van der Waals surface area (Å²) in [7, 11) is 0. The second kappa shape index (κ2) is 11.8. The van der Waals surface area contributed by atoms with Gasteiger partial charge in [0.1, 0.15) is 0 Å². The minimum Gasteiger partial charge on any atom is -0.208 e. The van der Waals surface area contributed by atoms with Gasteiger partial charge in [-0.1, -0.05) is 152 Å². The predicted molar refractivity (Wildman–Crippen MR) is 213 cm³/mol. The van der Waals surface area contributed by atoms with Gasteiger partial charge in [0, 0.05) is 68.2 Å². The number of aromatic nitrogens is 3. The number of benzene rings is 7. The Morgan fingerprint density at radius 3 is 1.36 bits per heavy atom. The standard InChI is InChI=1S/C45H27N3S2/c1-3-12-28(13-4-1)29-24-26-31(27-25-29)44-46-43(30-14-5-2-6-15-30)47-45(48-44)38-22-11-21-37-36-20-10-19-35(41(36)50-42(37)38)34-18-9-17-33-32-16-7-8-23-39(32)49-40(33)34/h1-27H. The summed E-state index contributed by atoms with van der Waals surface area (Å²) >= 11 is 3.70. The normalized spacial score (nSPS) is 11.6. The highest BCUT2D eigenvalue weighted by atomic mass is 32.1. The van der Waals surface area contributed by atoms with E-state index < -0.39 is 0 Å². The molecule has 10 aromatic rings. The fourth-order valence-electron chi connectivity index (χ4n) is 6.95. The van der Waals surface area contributed by atoms with Gasteiger partial charge in [-0.2, -0.15) is 0 Å². The Bertz CT molecular complexity index is 2850. The van der Waals surface area contributed by atoms with Gasteiger partial charge >= 0.3 is 0 Å². The quantitative estimate of drug-likeness (QED) is 0.182. The summed E-state index contributed by atoms with van der Waals surface area (Å²) in [6.45, 7) is 0. The van der Waals surface area contributed by atoms with Crippen LogP contribution in [0.2, 0.25) is 0 Å². The fraction of sp³-hybridized carbons (Fsp3) is 0. The molecule has 3 aromatic heterocycles. The van der Waals surface area contributed by atoms with Crippen LogP contribution in [0.4, 0.5) is 0 Å². The molecule has 0 bridgehead atoms. The summed E-state index contributed by atoms with van der Waals surface area (Å²) in [4.78, 5) is 15.3. The van der Waals surface area contributed by atoms with Crippen molar-refractivity contribution in [3.05, 3.63) is 164 Å². The number of thiophene rings is 2. The van der Waals surface area contributed by atoms with Crippen LogP contribution < -0.4 is 0 Å². The van der Waals surface area contributed by atoms with Crippen molar-refractivity contribution in [2.24, 2.45) is 0 Å². The zero-order chi connectivity index (χ0) is 33.0. The molecular weight excluding hydrogens is 647 g/mol. The minimum atomic E-state index is 0.656. The van der Waals surface area contributed by atoms with Crippen molar-refractivity contribution in [3.63, 3.8) is 0 Å². The second-order valence-electron chi connectivity index (χ2n) is 12.4. The van der Waals surface area contributed by atoms with E-state index in [4.69, 9.17) is 15.0 Å². The molecule has 0 spiro atoms. The van der Waals surface area contributed by atoms with Crippen LogP contribution in [0.15, 0.2) is 164 Å². The molecule has 0 aliphatic rings. The molecule has 3 nitrogen and oxygen atoms in total. The molecule has 3 heterocycles. The van der Waals surface area contributed by atoms with Crippen LogP contribution in [0.25, 0.3) is 96.8 Å². The largest absolute Gasteiger partial charge is 0.208 e. The van der Waals surface area contributed by atoms with E-state index in [9.17, 15) is 0 Å². The summed E-state index contributed by atoms with van der Waals surface area (Å²) in [5, 5.41) is 5.08. The second-order valence-corrected chi connectivity index (χ2v) is 14.4. The van der Waals surface area contributed by atoms with E-state index in [0.29, 0.717) is 17.5 Å². The zero-order valence-corrected chi connectivity index (χ0v) is 28.4. The molecule has 0 unspecified atom stereocenters. The topological polar surface area (TPSA) is 38.7 Å². The van der Waals surface area contributed by atoms with Crippen LogP contribution in [0.3, 0.4) is 0 Å². The molecule has 50 heavy (non-hydrogen) atoms. The van der Waals surface area contributed by atoms with Crippen LogP contribution in [0.5, 0.6) is 0 Å². The molecule has 0 aliphatic carbocycles. The zero-order valence-electron chi connectivity index (χ0n) is 26.7. The van der Waals surface area contributed by atoms with E-state index in [0.717, 1.165) is 22.3 Å². The van der Waals surface area contributed by atoms with Gasteiger partial charge < -0.3 is 0 Å². The Labute approximate surface area is 296 Å². The summed E-state index contributed by atoms with van der Waals surface area (Å²) in [6.07, 6.45) is 0. The van der Waals surface area contributed by atoms with Gasteiger partial charge in [0.05, 0.1) is 0 Å². The Balaban J connectivity index is 1.16. The van der Waals surface area contributed by atoms with Gasteiger partial charge in [0.2, 0.25) is 0 Å². The Kier molecular flexibility index (Phi) is 6.86. The molecule has 0 atom stereocenters. The third-order valence-electron chi connectivity index (χ3n) is 9.38. The fourth-order valence-corrected chi connectivity index (χ4v) is 9.52. The van der Waals surface area contributed by atoms with Gasteiger partial charge in [-0.15, -0.1) is 22.7 Å². The summed E-state index contributed by atoms with van der Waals surface area (Å²) < 4.78 is 5.09. The van der Waals surface area contributed by atoms with Gasteiger partial charge in [0.15, 0.2) is 17.5 Å². The highest BCUT2D eigenvalue weighted by molar-refractivity contribution is 7.27. The van der Waals surface area contributed by atoms with Crippen LogP contribution in [0, 0.1) is 0 Å². The molecule has 10 rings (SSSR count). The highest BCUT2D eigenvalue weighted by Crippen LogP contribution is 2.46. The molecule has 0 amide bonds. The van der Waals surface area contributed by atoms with Crippen molar-refractivity contribution in [2.75, 3.05) is 0 Å². The molecule has 0 saturated heterocycles. The summed E-state index contributed by atoms with van der Waals surface area (Å²) in [5.41, 5.74) is 7.79. The molecular formula is C45H27N3S2. The highest BCUT2D eigenvalue weighted by Gasteiger charge is 2.19. The van der Waals surface area contributed by atoms with E-state index in [1.807, 2.05) is 46.9 Å². The number of fused-ring (bicyclic) bond motifs is 6. The summed E-state index contributed by atoms with van der Waals surface area (Å²) in [6, 6.07) is 57.7. The Hall–Kier alpha value is -6.01. The first kappa shape index (κ1) is 29.0. The van der Waals surface area contributed by atoms with Gasteiger partial charge in [0.25, 0.3) is 0 Å². The molecule has 0 fully saturated rings. The third kappa shape index (κ3) is 4.82. The van der Waals surface area contributed by atoms with Crippen LogP contribution >= 0.6 is 22.7 Å². The lowest BCUT2D eigenvalue weighted by Gasteiger charge is -2.09. The smallest absolute Gasteiger partial charge is 0.165 e. The minimum absolute atomic E-state index is 0.656. The SMILES string of the molecule is c1ccc(-c2ccc(-c3nc(-c4ccccc4)nc(-c4cccc5c4sc4c(-c6cccc7c6sc6ccccc67)cccc45)n3)cc2)cc1. The van der Waals surface area contributed by atoms with E-state index in [2.05, 4.69) is 140 Å². The summed E-state index contributed by atoms with van der Waals surface area (Å²) in [5.74, 6) is 1.99. The van der Waals surface area contributed by atoms with Crippen molar-refractivity contribution in [2.45, 2.75) is 0 Å². The van der Waals surface area contributed by atoms with E-state index in [1.165, 1.54) is 57.0 Å². The molecule has 0 N–H and O–H groups in total. The Morgan fingerprint density at radius 2 is 0.700 bits per heavy atom. The first-order chi connectivity index (χ1) is 24.8. The lowest BCUT2D eigenvalue weighted by Crippen LogP contribution is -2.00. The number of rotatable bonds is 5. The number of nitrogens with zero attached hydrogens (tertiary/aromatic N) is 3. The van der Waals surface area contributed by atoms with Crippen LogP contribution in [-0.2, 0) is 0 Å². The first-order valence-electron chi connectivity index (χ1n) is 16.6.